The van der Waals surface area contributed by atoms with Crippen LogP contribution in [0, 0.1) is 29.4 Å². The van der Waals surface area contributed by atoms with Gasteiger partial charge in [0.25, 0.3) is 5.91 Å². The number of nitrogens with zero attached hydrogens (tertiary/aromatic N) is 2. The average Bonchev–Trinajstić information content (AvgIpc) is 2.88. The van der Waals surface area contributed by atoms with Gasteiger partial charge in [0.1, 0.15) is 11.6 Å². The summed E-state index contributed by atoms with van der Waals surface area (Å²) >= 11 is 0. The molecule has 8 nitrogen and oxygen atoms in total. The summed E-state index contributed by atoms with van der Waals surface area (Å²) in [6.07, 6.45) is 4.89. The van der Waals surface area contributed by atoms with Crippen LogP contribution in [0.15, 0.2) is 42.5 Å². The number of carbonyl (C=O) groups is 1. The normalized spacial score (nSPS) is 15.6. The van der Waals surface area contributed by atoms with Crippen LogP contribution in [-0.4, -0.2) is 60.9 Å². The fraction of sp³-hybridized carbons (Fsp3) is 0.296. The van der Waals surface area contributed by atoms with Crippen LogP contribution in [0.5, 0.6) is 0 Å². The van der Waals surface area contributed by atoms with Crippen molar-refractivity contribution >= 4 is 34.7 Å². The van der Waals surface area contributed by atoms with E-state index in [4.69, 9.17) is 16.6 Å². The third-order valence-corrected chi connectivity index (χ3v) is 6.76. The molecule has 0 aromatic heterocycles. The van der Waals surface area contributed by atoms with Crippen molar-refractivity contribution in [2.75, 3.05) is 38.5 Å². The summed E-state index contributed by atoms with van der Waals surface area (Å²) in [4.78, 5) is 16.4. The van der Waals surface area contributed by atoms with E-state index in [9.17, 15) is 9.18 Å². The van der Waals surface area contributed by atoms with E-state index in [2.05, 4.69) is 10.6 Å². The van der Waals surface area contributed by atoms with Gasteiger partial charge < -0.3 is 26.2 Å². The second kappa shape index (κ2) is 10.8. The van der Waals surface area contributed by atoms with Crippen LogP contribution in [0.2, 0.25) is 0 Å². The number of anilines is 1. The Labute approximate surface area is 214 Å². The number of guanidine groups is 2. The summed E-state index contributed by atoms with van der Waals surface area (Å²) < 4.78 is 30.0. The molecule has 0 saturated heterocycles. The SMILES string of the molecule is CNC(=N)N1CC=C(c2ccc(C(=O)Nc3cc(C)c(C4=CCN(C(=N)N)CC4)c(F)c3)cc2F)CC1. The van der Waals surface area contributed by atoms with Crippen molar-refractivity contribution in [2.24, 2.45) is 5.73 Å². The van der Waals surface area contributed by atoms with Gasteiger partial charge in [0.2, 0.25) is 0 Å². The number of halogens is 2. The molecule has 0 saturated carbocycles. The van der Waals surface area contributed by atoms with Crippen LogP contribution >= 0.6 is 0 Å². The Kier molecular flexibility index (Phi) is 7.56. The molecule has 2 heterocycles. The van der Waals surface area contributed by atoms with E-state index in [0.717, 1.165) is 11.1 Å². The number of nitrogens with two attached hydrogens (primary N) is 1. The maximum Gasteiger partial charge on any atom is 0.255 e. The molecular formula is C27H31F2N7O. The standard InChI is InChI=1S/C27H31F2N7O/c1-16-13-20(15-23(29)24(16)18-7-9-35(10-8-18)26(30)31)34-25(37)19-3-4-21(22(28)14-19)17-5-11-36(12-6-17)27(32)33-2/h3-5,7,13-15H,6,8-12H2,1-2H3,(H3,30,31)(H2,32,33)(H,34,37). The third kappa shape index (κ3) is 5.63. The number of aryl methyl sites for hydroxylation is 1. The Bertz CT molecular complexity index is 1290. The highest BCUT2D eigenvalue weighted by molar-refractivity contribution is 6.04. The summed E-state index contributed by atoms with van der Waals surface area (Å²) in [5, 5.41) is 20.9. The van der Waals surface area contributed by atoms with Crippen molar-refractivity contribution in [1.82, 2.24) is 15.1 Å². The Balaban J connectivity index is 1.46. The minimum Gasteiger partial charge on any atom is -0.370 e. The number of hydrogen-bond donors (Lipinski definition) is 5. The molecule has 0 bridgehead atoms. The smallest absolute Gasteiger partial charge is 0.255 e. The highest BCUT2D eigenvalue weighted by Crippen LogP contribution is 2.31. The molecule has 0 spiro atoms. The van der Waals surface area contributed by atoms with E-state index in [0.29, 0.717) is 61.7 Å². The molecule has 4 rings (SSSR count). The van der Waals surface area contributed by atoms with Crippen LogP contribution < -0.4 is 16.4 Å². The summed E-state index contributed by atoms with van der Waals surface area (Å²) in [5.74, 6) is -1.18. The fourth-order valence-electron chi connectivity index (χ4n) is 4.73. The van der Waals surface area contributed by atoms with Crippen LogP contribution in [0.25, 0.3) is 11.1 Å². The predicted octanol–water partition coefficient (Wildman–Crippen LogP) is 3.75. The van der Waals surface area contributed by atoms with Crippen molar-refractivity contribution in [3.8, 4) is 0 Å². The van der Waals surface area contributed by atoms with Gasteiger partial charge in [-0.15, -0.1) is 0 Å². The zero-order valence-electron chi connectivity index (χ0n) is 20.9. The molecule has 0 atom stereocenters. The summed E-state index contributed by atoms with van der Waals surface area (Å²) in [6, 6.07) is 7.30. The molecule has 2 aromatic carbocycles. The average molecular weight is 508 g/mol. The quantitative estimate of drug-likeness (QED) is 0.319. The van der Waals surface area contributed by atoms with Crippen molar-refractivity contribution in [3.63, 3.8) is 0 Å². The van der Waals surface area contributed by atoms with E-state index in [1.807, 2.05) is 17.1 Å². The molecule has 2 aliphatic heterocycles. The van der Waals surface area contributed by atoms with Gasteiger partial charge in [0.05, 0.1) is 0 Å². The van der Waals surface area contributed by atoms with Crippen LogP contribution in [0.4, 0.5) is 14.5 Å². The van der Waals surface area contributed by atoms with Gasteiger partial charge >= 0.3 is 0 Å². The predicted molar refractivity (Wildman–Crippen MR) is 143 cm³/mol. The highest BCUT2D eigenvalue weighted by Gasteiger charge is 2.21. The lowest BCUT2D eigenvalue weighted by molar-refractivity contribution is 0.102. The molecule has 10 heteroatoms. The molecule has 2 aromatic rings. The second-order valence-electron chi connectivity index (χ2n) is 9.13. The lowest BCUT2D eigenvalue weighted by Crippen LogP contribution is -2.41. The van der Waals surface area contributed by atoms with Crippen LogP contribution in [-0.2, 0) is 0 Å². The minimum atomic E-state index is -0.530. The fourth-order valence-corrected chi connectivity index (χ4v) is 4.73. The van der Waals surface area contributed by atoms with Crippen molar-refractivity contribution in [2.45, 2.75) is 19.8 Å². The Morgan fingerprint density at radius 3 is 2.22 bits per heavy atom. The molecule has 1 amide bonds. The number of benzene rings is 2. The zero-order valence-corrected chi connectivity index (χ0v) is 20.9. The molecular weight excluding hydrogens is 476 g/mol. The second-order valence-corrected chi connectivity index (χ2v) is 9.13. The third-order valence-electron chi connectivity index (χ3n) is 6.76. The Hall–Kier alpha value is -4.21. The number of amides is 1. The zero-order chi connectivity index (χ0) is 26.7. The first kappa shape index (κ1) is 25.9. The molecule has 0 aliphatic carbocycles. The first-order chi connectivity index (χ1) is 17.7. The van der Waals surface area contributed by atoms with Crippen LogP contribution in [0.3, 0.4) is 0 Å². The van der Waals surface area contributed by atoms with Gasteiger partial charge in [-0.25, -0.2) is 8.78 Å². The van der Waals surface area contributed by atoms with Gasteiger partial charge in [-0.05, 0) is 60.7 Å². The maximum absolute atomic E-state index is 15.1. The molecule has 0 fully saturated rings. The lowest BCUT2D eigenvalue weighted by Gasteiger charge is -2.28. The number of rotatable bonds is 4. The number of hydrogen-bond acceptors (Lipinski definition) is 3. The first-order valence-corrected chi connectivity index (χ1v) is 12.1. The number of nitrogens with one attached hydrogen (secondary N) is 4. The largest absolute Gasteiger partial charge is 0.370 e. The first-order valence-electron chi connectivity index (χ1n) is 12.1. The van der Waals surface area contributed by atoms with Gasteiger partial charge in [0, 0.05) is 55.6 Å². The Morgan fingerprint density at radius 1 is 0.973 bits per heavy atom. The summed E-state index contributed by atoms with van der Waals surface area (Å²) in [6.45, 7) is 3.86. The van der Waals surface area contributed by atoms with Crippen molar-refractivity contribution in [3.05, 3.63) is 76.4 Å². The molecule has 2 aliphatic rings. The highest BCUT2D eigenvalue weighted by atomic mass is 19.1. The topological polar surface area (TPSA) is 121 Å². The van der Waals surface area contributed by atoms with Gasteiger partial charge in [0.15, 0.2) is 11.9 Å². The van der Waals surface area contributed by atoms with Gasteiger partial charge in [-0.3, -0.25) is 15.6 Å². The monoisotopic (exact) mass is 507 g/mol. The van der Waals surface area contributed by atoms with Crippen molar-refractivity contribution in [1.29, 1.82) is 10.8 Å². The lowest BCUT2D eigenvalue weighted by atomic mass is 9.94. The number of carbonyl (C=O) groups excluding carboxylic acids is 1. The van der Waals surface area contributed by atoms with Crippen LogP contribution in [0.1, 0.15) is 39.9 Å². The Morgan fingerprint density at radius 2 is 1.65 bits per heavy atom. The summed E-state index contributed by atoms with van der Waals surface area (Å²) in [7, 11) is 1.69. The van der Waals surface area contributed by atoms with E-state index in [1.54, 1.807) is 37.1 Å². The van der Waals surface area contributed by atoms with E-state index >= 15 is 4.39 Å². The van der Waals surface area contributed by atoms with E-state index in [1.165, 1.54) is 12.1 Å². The molecule has 0 unspecified atom stereocenters. The van der Waals surface area contributed by atoms with E-state index < -0.39 is 17.5 Å². The molecule has 6 N–H and O–H groups in total. The van der Waals surface area contributed by atoms with Crippen molar-refractivity contribution < 1.29 is 13.6 Å². The molecule has 37 heavy (non-hydrogen) atoms. The molecule has 0 radical (unpaired) electrons. The summed E-state index contributed by atoms with van der Waals surface area (Å²) in [5.41, 5.74) is 9.22. The maximum atomic E-state index is 15.1. The molecule has 194 valence electrons. The van der Waals surface area contributed by atoms with Gasteiger partial charge in [-0.2, -0.15) is 0 Å². The minimum absolute atomic E-state index is 0.0111. The van der Waals surface area contributed by atoms with E-state index in [-0.39, 0.29) is 17.2 Å². The van der Waals surface area contributed by atoms with Gasteiger partial charge in [-0.1, -0.05) is 18.2 Å².